The number of ketones is 1. The Hall–Kier alpha value is -3.65. The van der Waals surface area contributed by atoms with E-state index in [9.17, 15) is 4.79 Å². The molecule has 3 heterocycles. The highest BCUT2D eigenvalue weighted by molar-refractivity contribution is 7.03. The van der Waals surface area contributed by atoms with E-state index in [0.717, 1.165) is 11.1 Å². The second-order valence-electron chi connectivity index (χ2n) is 8.39. The average Bonchev–Trinajstić information content (AvgIpc) is 2.78. The van der Waals surface area contributed by atoms with Gasteiger partial charge in [0.2, 0.25) is 6.71 Å². The molecule has 0 aromatic heterocycles. The van der Waals surface area contributed by atoms with Gasteiger partial charge in [-0.3, -0.25) is 4.79 Å². The van der Waals surface area contributed by atoms with Crippen molar-refractivity contribution < 1.29 is 4.79 Å². The molecule has 2 heteroatoms. The monoisotopic (exact) mass is 364 g/mol. The van der Waals surface area contributed by atoms with Gasteiger partial charge in [0, 0.05) is 11.1 Å². The SMILES string of the molecule is O=C1c2ccc3cccc4c3c2B2c3c-4cccc3-c3cccc4ccc1c2c34. The Morgan fingerprint density at radius 1 is 0.448 bits per heavy atom. The molecule has 3 aliphatic heterocycles. The Bertz CT molecular complexity index is 1510. The van der Waals surface area contributed by atoms with Crippen molar-refractivity contribution in [3.8, 4) is 22.3 Å². The molecule has 0 N–H and O–H groups in total. The zero-order valence-corrected chi connectivity index (χ0v) is 15.5. The molecule has 1 nitrogen and oxygen atoms in total. The smallest absolute Gasteiger partial charge is 0.246 e. The first-order chi connectivity index (χ1) is 14.3. The fourth-order valence-electron chi connectivity index (χ4n) is 6.18. The van der Waals surface area contributed by atoms with E-state index in [1.165, 1.54) is 60.2 Å². The van der Waals surface area contributed by atoms with Crippen molar-refractivity contribution in [3.05, 3.63) is 90.0 Å². The third-order valence-corrected chi connectivity index (χ3v) is 7.21. The van der Waals surface area contributed by atoms with Gasteiger partial charge >= 0.3 is 0 Å². The van der Waals surface area contributed by atoms with Crippen LogP contribution < -0.4 is 16.4 Å². The molecule has 0 unspecified atom stereocenters. The van der Waals surface area contributed by atoms with Gasteiger partial charge in [-0.1, -0.05) is 84.3 Å². The van der Waals surface area contributed by atoms with Gasteiger partial charge in [0.25, 0.3) is 0 Å². The van der Waals surface area contributed by atoms with Crippen LogP contribution in [0.3, 0.4) is 0 Å². The van der Waals surface area contributed by atoms with Gasteiger partial charge in [-0.2, -0.15) is 0 Å². The summed E-state index contributed by atoms with van der Waals surface area (Å²) < 4.78 is 0. The second-order valence-corrected chi connectivity index (χ2v) is 8.39. The number of carbonyl (C=O) groups is 1. The Labute approximate surface area is 167 Å². The van der Waals surface area contributed by atoms with Crippen LogP contribution in [0.5, 0.6) is 0 Å². The Morgan fingerprint density at radius 3 is 1.48 bits per heavy atom. The first-order valence-corrected chi connectivity index (χ1v) is 10.1. The Morgan fingerprint density at radius 2 is 0.931 bits per heavy atom. The summed E-state index contributed by atoms with van der Waals surface area (Å²) in [6, 6.07) is 28.1. The van der Waals surface area contributed by atoms with E-state index >= 15 is 0 Å². The lowest BCUT2D eigenvalue weighted by Gasteiger charge is -2.38. The lowest BCUT2D eigenvalue weighted by molar-refractivity contribution is 0.104. The summed E-state index contributed by atoms with van der Waals surface area (Å²) in [7, 11) is 0. The van der Waals surface area contributed by atoms with Gasteiger partial charge in [-0.15, -0.1) is 0 Å². The quantitative estimate of drug-likeness (QED) is 0.372. The van der Waals surface area contributed by atoms with E-state index in [0.29, 0.717) is 0 Å². The number of hydrogen-bond donors (Lipinski definition) is 0. The summed E-state index contributed by atoms with van der Waals surface area (Å²) in [6.07, 6.45) is 0. The van der Waals surface area contributed by atoms with Crippen molar-refractivity contribution in [1.82, 2.24) is 0 Å². The fraction of sp³-hybridized carbons (Fsp3) is 0. The van der Waals surface area contributed by atoms with Gasteiger partial charge < -0.3 is 0 Å². The maximum absolute atomic E-state index is 13.6. The highest BCUT2D eigenvalue weighted by Gasteiger charge is 2.44. The molecule has 0 aliphatic carbocycles. The number of rotatable bonds is 0. The molecular formula is C27H13BO. The molecule has 0 fully saturated rings. The molecule has 0 amide bonds. The molecule has 130 valence electrons. The average molecular weight is 364 g/mol. The van der Waals surface area contributed by atoms with Crippen LogP contribution >= 0.6 is 0 Å². The summed E-state index contributed by atoms with van der Waals surface area (Å²) in [5.41, 5.74) is 10.7. The Balaban J connectivity index is 1.74. The first-order valence-electron chi connectivity index (χ1n) is 10.1. The highest BCUT2D eigenvalue weighted by atomic mass is 16.1. The lowest BCUT2D eigenvalue weighted by atomic mass is 9.28. The van der Waals surface area contributed by atoms with E-state index < -0.39 is 0 Å². The first kappa shape index (κ1) is 14.4. The van der Waals surface area contributed by atoms with Crippen molar-refractivity contribution in [2.24, 2.45) is 0 Å². The van der Waals surface area contributed by atoms with Crippen LogP contribution in [0.4, 0.5) is 0 Å². The minimum absolute atomic E-state index is 0.140. The van der Waals surface area contributed by atoms with Crippen LogP contribution in [0, 0.1) is 0 Å². The standard InChI is InChI=1S/C27H13BO/c29-27-20-12-10-14-4-1-6-16-18-8-3-9-19-17-7-2-5-15-11-13-21(27)26(23(15)17)28(24(18)19)25(20)22(14)16/h1-13H. The van der Waals surface area contributed by atoms with Crippen molar-refractivity contribution in [1.29, 1.82) is 0 Å². The largest absolute Gasteiger partial charge is 0.289 e. The van der Waals surface area contributed by atoms with E-state index in [1.54, 1.807) is 0 Å². The second kappa shape index (κ2) is 4.50. The van der Waals surface area contributed by atoms with Gasteiger partial charge in [0.05, 0.1) is 0 Å². The van der Waals surface area contributed by atoms with Gasteiger partial charge in [0.1, 0.15) is 0 Å². The maximum atomic E-state index is 13.6. The van der Waals surface area contributed by atoms with Crippen LogP contribution in [0.2, 0.25) is 0 Å². The summed E-state index contributed by atoms with van der Waals surface area (Å²) in [4.78, 5) is 13.6. The van der Waals surface area contributed by atoms with Crippen molar-refractivity contribution >= 4 is 50.4 Å². The maximum Gasteiger partial charge on any atom is 0.246 e. The molecule has 8 rings (SSSR count). The molecule has 29 heavy (non-hydrogen) atoms. The van der Waals surface area contributed by atoms with E-state index in [-0.39, 0.29) is 12.5 Å². The normalized spacial score (nSPS) is 14.2. The number of carbonyl (C=O) groups excluding carboxylic acids is 1. The third kappa shape index (κ3) is 1.43. The topological polar surface area (TPSA) is 17.1 Å². The van der Waals surface area contributed by atoms with Crippen LogP contribution in [-0.2, 0) is 0 Å². The van der Waals surface area contributed by atoms with Crippen LogP contribution in [0.25, 0.3) is 43.8 Å². The molecule has 3 aliphatic rings. The van der Waals surface area contributed by atoms with Crippen LogP contribution in [-0.4, -0.2) is 12.5 Å². The Kier molecular flexibility index (Phi) is 2.23. The minimum atomic E-state index is 0.140. The molecule has 0 spiro atoms. The lowest BCUT2D eigenvalue weighted by Crippen LogP contribution is -2.62. The molecular weight excluding hydrogens is 351 g/mol. The molecule has 0 radical (unpaired) electrons. The fourth-order valence-corrected chi connectivity index (χ4v) is 6.18. The zero-order chi connectivity index (χ0) is 18.9. The minimum Gasteiger partial charge on any atom is -0.289 e. The molecule has 5 aromatic rings. The highest BCUT2D eigenvalue weighted by Crippen LogP contribution is 2.40. The third-order valence-electron chi connectivity index (χ3n) is 7.21. The summed E-state index contributed by atoms with van der Waals surface area (Å²) in [5, 5.41) is 4.96. The van der Waals surface area contributed by atoms with Gasteiger partial charge in [-0.25, -0.2) is 0 Å². The van der Waals surface area contributed by atoms with Crippen molar-refractivity contribution in [3.63, 3.8) is 0 Å². The molecule has 0 atom stereocenters. The predicted octanol–water partition coefficient (Wildman–Crippen LogP) is 4.01. The molecule has 0 bridgehead atoms. The van der Waals surface area contributed by atoms with Crippen molar-refractivity contribution in [2.75, 3.05) is 0 Å². The van der Waals surface area contributed by atoms with E-state index in [2.05, 4.69) is 66.7 Å². The van der Waals surface area contributed by atoms with Crippen LogP contribution in [0.15, 0.2) is 78.9 Å². The van der Waals surface area contributed by atoms with Crippen LogP contribution in [0.1, 0.15) is 15.9 Å². The summed E-state index contributed by atoms with van der Waals surface area (Å²) in [5.74, 6) is 0.169. The van der Waals surface area contributed by atoms with E-state index in [1.807, 2.05) is 12.1 Å². The number of benzene rings is 5. The summed E-state index contributed by atoms with van der Waals surface area (Å²) in [6.45, 7) is 0.140. The van der Waals surface area contributed by atoms with Gasteiger partial charge in [-0.05, 0) is 54.7 Å². The molecule has 5 aromatic carbocycles. The van der Waals surface area contributed by atoms with Gasteiger partial charge in [0.15, 0.2) is 5.78 Å². The van der Waals surface area contributed by atoms with E-state index in [4.69, 9.17) is 0 Å². The van der Waals surface area contributed by atoms with Crippen molar-refractivity contribution in [2.45, 2.75) is 0 Å². The predicted molar refractivity (Wildman–Crippen MR) is 120 cm³/mol. The summed E-state index contributed by atoms with van der Waals surface area (Å²) >= 11 is 0. The molecule has 0 saturated heterocycles. The zero-order valence-electron chi connectivity index (χ0n) is 15.5. The number of fused-ring (bicyclic) bond motifs is 2. The number of hydrogen-bond acceptors (Lipinski definition) is 1. The molecule has 0 saturated carbocycles.